The summed E-state index contributed by atoms with van der Waals surface area (Å²) >= 11 is 0. The maximum Gasteiger partial charge on any atom is 0.322 e. The van der Waals surface area contributed by atoms with Gasteiger partial charge in [0.05, 0.1) is 4.92 Å². The highest BCUT2D eigenvalue weighted by Gasteiger charge is 2.28. The van der Waals surface area contributed by atoms with Crippen molar-refractivity contribution in [2.45, 2.75) is 26.7 Å². The van der Waals surface area contributed by atoms with E-state index in [0.717, 1.165) is 6.42 Å². The molecule has 1 unspecified atom stereocenters. The molecule has 0 aliphatic heterocycles. The molecule has 0 aliphatic carbocycles. The van der Waals surface area contributed by atoms with Crippen LogP contribution in [0.2, 0.25) is 0 Å². The van der Waals surface area contributed by atoms with E-state index in [1.54, 1.807) is 0 Å². The Bertz CT molecular complexity index is 463. The summed E-state index contributed by atoms with van der Waals surface area (Å²) < 4.78 is 0. The molecule has 0 bridgehead atoms. The van der Waals surface area contributed by atoms with Gasteiger partial charge in [0.2, 0.25) is 5.69 Å². The van der Waals surface area contributed by atoms with E-state index in [-0.39, 0.29) is 29.7 Å². The van der Waals surface area contributed by atoms with Crippen LogP contribution in [0.1, 0.15) is 36.5 Å². The number of aromatic amines is 1. The highest BCUT2D eigenvalue weighted by Crippen LogP contribution is 2.22. The fourth-order valence-corrected chi connectivity index (χ4v) is 1.59. The van der Waals surface area contributed by atoms with Gasteiger partial charge in [0.15, 0.2) is 0 Å². The Balaban J connectivity index is 0.00000361. The smallest absolute Gasteiger partial charge is 0.322 e. The number of nitrogens with one attached hydrogen (secondary N) is 2. The molecule has 9 heteroatoms. The van der Waals surface area contributed by atoms with Crippen molar-refractivity contribution in [3.05, 3.63) is 21.5 Å². The first-order valence-electron chi connectivity index (χ1n) is 6.21. The van der Waals surface area contributed by atoms with Gasteiger partial charge in [-0.1, -0.05) is 20.3 Å². The number of rotatable bonds is 7. The van der Waals surface area contributed by atoms with Crippen molar-refractivity contribution in [3.8, 4) is 0 Å². The van der Waals surface area contributed by atoms with Gasteiger partial charge in [0.25, 0.3) is 5.91 Å². The zero-order chi connectivity index (χ0) is 14.4. The number of nitrogens with two attached hydrogens (primary N) is 1. The molecule has 1 amide bonds. The molecular weight excluding hydrogens is 286 g/mol. The number of hydrogen-bond acceptors (Lipinski definition) is 5. The molecule has 1 aromatic heterocycles. The van der Waals surface area contributed by atoms with Crippen molar-refractivity contribution in [2.24, 2.45) is 11.7 Å². The van der Waals surface area contributed by atoms with Crippen LogP contribution >= 0.6 is 12.4 Å². The first-order chi connectivity index (χ1) is 9.01. The molecule has 0 radical (unpaired) electrons. The number of nitro groups is 1. The van der Waals surface area contributed by atoms with E-state index < -0.39 is 10.8 Å². The molecule has 114 valence electrons. The van der Waals surface area contributed by atoms with Gasteiger partial charge < -0.3 is 11.1 Å². The third-order valence-electron chi connectivity index (χ3n) is 2.72. The highest BCUT2D eigenvalue weighted by atomic mass is 35.5. The van der Waals surface area contributed by atoms with Gasteiger partial charge in [-0.3, -0.25) is 20.0 Å². The number of halogens is 1. The van der Waals surface area contributed by atoms with E-state index in [9.17, 15) is 14.9 Å². The fourth-order valence-electron chi connectivity index (χ4n) is 1.59. The van der Waals surface area contributed by atoms with Crippen molar-refractivity contribution in [1.82, 2.24) is 15.5 Å². The van der Waals surface area contributed by atoms with Crippen molar-refractivity contribution >= 4 is 24.0 Å². The zero-order valence-corrected chi connectivity index (χ0v) is 12.3. The quantitative estimate of drug-likeness (QED) is 0.512. The van der Waals surface area contributed by atoms with Crippen LogP contribution in [0.25, 0.3) is 0 Å². The van der Waals surface area contributed by atoms with Crippen LogP contribution in [-0.4, -0.2) is 34.1 Å². The molecule has 20 heavy (non-hydrogen) atoms. The standard InChI is InChI=1S/C11H19N5O3.ClH/c1-3-4-8-10(16(18)19)9(15-14-8)11(17)13-6-7(2)5-12;/h7H,3-6,12H2,1-2H3,(H,13,17)(H,14,15);1H. The second-order valence-corrected chi connectivity index (χ2v) is 4.46. The van der Waals surface area contributed by atoms with Gasteiger partial charge in [-0.15, -0.1) is 12.4 Å². The lowest BCUT2D eigenvalue weighted by Crippen LogP contribution is -2.31. The number of carbonyl (C=O) groups excluding carboxylic acids is 1. The molecule has 0 saturated heterocycles. The Labute approximate surface area is 123 Å². The minimum Gasteiger partial charge on any atom is -0.350 e. The molecule has 8 nitrogen and oxygen atoms in total. The molecule has 1 rings (SSSR count). The summed E-state index contributed by atoms with van der Waals surface area (Å²) in [6.07, 6.45) is 1.21. The van der Waals surface area contributed by atoms with E-state index in [0.29, 0.717) is 25.2 Å². The predicted molar refractivity (Wildman–Crippen MR) is 77.0 cm³/mol. The summed E-state index contributed by atoms with van der Waals surface area (Å²) in [5, 5.41) is 19.9. The Hall–Kier alpha value is -1.67. The van der Waals surface area contributed by atoms with Crippen molar-refractivity contribution in [2.75, 3.05) is 13.1 Å². The summed E-state index contributed by atoms with van der Waals surface area (Å²) in [6, 6.07) is 0. The molecule has 1 atom stereocenters. The fraction of sp³-hybridized carbons (Fsp3) is 0.636. The van der Waals surface area contributed by atoms with Crippen molar-refractivity contribution in [3.63, 3.8) is 0 Å². The minimum absolute atomic E-state index is 0. The van der Waals surface area contributed by atoms with E-state index >= 15 is 0 Å². The van der Waals surface area contributed by atoms with Crippen molar-refractivity contribution < 1.29 is 9.72 Å². The number of nitrogens with zero attached hydrogens (tertiary/aromatic N) is 2. The molecule has 1 aromatic rings. The molecule has 0 saturated carbocycles. The summed E-state index contributed by atoms with van der Waals surface area (Å²) in [7, 11) is 0. The van der Waals surface area contributed by atoms with Gasteiger partial charge in [0.1, 0.15) is 5.69 Å². The third-order valence-corrected chi connectivity index (χ3v) is 2.72. The van der Waals surface area contributed by atoms with Crippen LogP contribution in [0.4, 0.5) is 5.69 Å². The number of hydrogen-bond donors (Lipinski definition) is 3. The average molecular weight is 306 g/mol. The van der Waals surface area contributed by atoms with Crippen LogP contribution in [0.15, 0.2) is 0 Å². The van der Waals surface area contributed by atoms with Crippen LogP contribution in [0.3, 0.4) is 0 Å². The summed E-state index contributed by atoms with van der Waals surface area (Å²) in [5.74, 6) is -0.442. The van der Waals surface area contributed by atoms with Crippen LogP contribution < -0.4 is 11.1 Å². The van der Waals surface area contributed by atoms with Gasteiger partial charge in [-0.2, -0.15) is 5.10 Å². The molecule has 4 N–H and O–H groups in total. The lowest BCUT2D eigenvalue weighted by atomic mass is 10.1. The second-order valence-electron chi connectivity index (χ2n) is 4.46. The molecule has 0 fully saturated rings. The lowest BCUT2D eigenvalue weighted by molar-refractivity contribution is -0.385. The maximum atomic E-state index is 11.9. The minimum atomic E-state index is -0.574. The van der Waals surface area contributed by atoms with Gasteiger partial charge in [0, 0.05) is 6.54 Å². The number of carbonyl (C=O) groups is 1. The first kappa shape index (κ1) is 18.3. The van der Waals surface area contributed by atoms with Gasteiger partial charge in [-0.05, 0) is 18.9 Å². The van der Waals surface area contributed by atoms with Crippen molar-refractivity contribution in [1.29, 1.82) is 0 Å². The molecular formula is C11H20ClN5O3. The normalized spacial score (nSPS) is 11.6. The molecule has 0 aliphatic rings. The van der Waals surface area contributed by atoms with E-state index in [1.165, 1.54) is 0 Å². The molecule has 1 heterocycles. The zero-order valence-electron chi connectivity index (χ0n) is 11.5. The largest absolute Gasteiger partial charge is 0.350 e. The summed E-state index contributed by atoms with van der Waals surface area (Å²) in [5.41, 5.74) is 5.41. The second kappa shape index (κ2) is 8.49. The monoisotopic (exact) mass is 305 g/mol. The topological polar surface area (TPSA) is 127 Å². The Kier molecular flexibility index (Phi) is 7.78. The molecule has 0 spiro atoms. The Morgan fingerprint density at radius 2 is 2.25 bits per heavy atom. The van der Waals surface area contributed by atoms with Crippen LogP contribution in [0, 0.1) is 16.0 Å². The Morgan fingerprint density at radius 3 is 2.75 bits per heavy atom. The first-order valence-corrected chi connectivity index (χ1v) is 6.21. The lowest BCUT2D eigenvalue weighted by Gasteiger charge is -2.08. The van der Waals surface area contributed by atoms with Crippen LogP contribution in [-0.2, 0) is 6.42 Å². The highest BCUT2D eigenvalue weighted by molar-refractivity contribution is 5.96. The summed E-state index contributed by atoms with van der Waals surface area (Å²) in [4.78, 5) is 22.3. The SMILES string of the molecule is CCCc1[nH]nc(C(=O)NCC(C)CN)c1[N+](=O)[O-].Cl. The van der Waals surface area contributed by atoms with E-state index in [2.05, 4.69) is 15.5 Å². The van der Waals surface area contributed by atoms with E-state index in [4.69, 9.17) is 5.73 Å². The van der Waals surface area contributed by atoms with Gasteiger partial charge >= 0.3 is 5.69 Å². The number of H-pyrrole nitrogens is 1. The van der Waals surface area contributed by atoms with E-state index in [1.807, 2.05) is 13.8 Å². The summed E-state index contributed by atoms with van der Waals surface area (Å²) in [6.45, 7) is 4.57. The number of aromatic nitrogens is 2. The van der Waals surface area contributed by atoms with Gasteiger partial charge in [-0.25, -0.2) is 0 Å². The Morgan fingerprint density at radius 1 is 1.60 bits per heavy atom. The number of amides is 1. The maximum absolute atomic E-state index is 11.9. The third kappa shape index (κ3) is 4.46. The average Bonchev–Trinajstić information content (AvgIpc) is 2.79. The number of aryl methyl sites for hydroxylation is 1. The van der Waals surface area contributed by atoms with Crippen LogP contribution in [0.5, 0.6) is 0 Å². The predicted octanol–water partition coefficient (Wildman–Crippen LogP) is 1.02. The molecule has 0 aromatic carbocycles.